The van der Waals surface area contributed by atoms with Gasteiger partial charge < -0.3 is 10.5 Å². The molecule has 0 fully saturated rings. The molecule has 0 aromatic carbocycles. The molecule has 6 nitrogen and oxygen atoms in total. The van der Waals surface area contributed by atoms with E-state index in [0.29, 0.717) is 12.4 Å². The first-order chi connectivity index (χ1) is 9.96. The van der Waals surface area contributed by atoms with Crippen molar-refractivity contribution in [2.75, 3.05) is 7.11 Å². The van der Waals surface area contributed by atoms with E-state index in [0.717, 1.165) is 15.3 Å². The first-order valence-corrected chi connectivity index (χ1v) is 8.54. The predicted octanol–water partition coefficient (Wildman–Crippen LogP) is 1.40. The van der Waals surface area contributed by atoms with E-state index < -0.39 is 10.0 Å². The number of methoxy groups -OCH3 is 1. The molecule has 3 N–H and O–H groups in total. The van der Waals surface area contributed by atoms with Crippen LogP contribution in [0.1, 0.15) is 15.3 Å². The summed E-state index contributed by atoms with van der Waals surface area (Å²) in [5.74, 6) is 0.448. The Morgan fingerprint density at radius 3 is 2.81 bits per heavy atom. The first kappa shape index (κ1) is 15.9. The molecule has 0 saturated carbocycles. The van der Waals surface area contributed by atoms with Gasteiger partial charge in [0.1, 0.15) is 0 Å². The summed E-state index contributed by atoms with van der Waals surface area (Å²) in [6.07, 6.45) is 1.57. The predicted molar refractivity (Wildman–Crippen MR) is 81.8 cm³/mol. The van der Waals surface area contributed by atoms with Crippen molar-refractivity contribution in [3.8, 4) is 5.88 Å². The molecule has 0 saturated heterocycles. The molecular weight excluding hydrogens is 310 g/mol. The van der Waals surface area contributed by atoms with Crippen molar-refractivity contribution < 1.29 is 13.2 Å². The van der Waals surface area contributed by atoms with Gasteiger partial charge in [-0.05, 0) is 24.6 Å². The Morgan fingerprint density at radius 2 is 2.19 bits per heavy atom. The normalized spacial score (nSPS) is 11.6. The van der Waals surface area contributed by atoms with E-state index in [2.05, 4.69) is 9.71 Å². The number of nitrogens with two attached hydrogens (primary N) is 1. The number of hydrogen-bond acceptors (Lipinski definition) is 6. The number of aromatic nitrogens is 1. The van der Waals surface area contributed by atoms with Crippen molar-refractivity contribution in [2.24, 2.45) is 5.73 Å². The van der Waals surface area contributed by atoms with Gasteiger partial charge in [-0.3, -0.25) is 0 Å². The fourth-order valence-corrected chi connectivity index (χ4v) is 4.35. The molecule has 0 aliphatic rings. The largest absolute Gasteiger partial charge is 0.481 e. The van der Waals surface area contributed by atoms with E-state index in [1.54, 1.807) is 31.3 Å². The number of pyridine rings is 1. The minimum Gasteiger partial charge on any atom is -0.481 e. The third-order valence-electron chi connectivity index (χ3n) is 2.89. The summed E-state index contributed by atoms with van der Waals surface area (Å²) >= 11 is 1.39. The highest BCUT2D eigenvalue weighted by molar-refractivity contribution is 7.89. The molecule has 0 unspecified atom stereocenters. The molecule has 2 rings (SSSR count). The molecule has 0 atom stereocenters. The summed E-state index contributed by atoms with van der Waals surface area (Å²) in [4.78, 5) is 5.84. The van der Waals surface area contributed by atoms with Crippen LogP contribution in [0.2, 0.25) is 0 Å². The van der Waals surface area contributed by atoms with E-state index in [4.69, 9.17) is 10.5 Å². The lowest BCUT2D eigenvalue weighted by Gasteiger charge is -2.07. The van der Waals surface area contributed by atoms with Crippen LogP contribution in [0.3, 0.4) is 0 Å². The van der Waals surface area contributed by atoms with Gasteiger partial charge in [0.05, 0.1) is 12.0 Å². The topological polar surface area (TPSA) is 94.3 Å². The Kier molecular flexibility index (Phi) is 4.94. The van der Waals surface area contributed by atoms with E-state index in [-0.39, 0.29) is 11.4 Å². The average molecular weight is 327 g/mol. The van der Waals surface area contributed by atoms with E-state index in [9.17, 15) is 8.42 Å². The lowest BCUT2D eigenvalue weighted by atomic mass is 10.3. The molecule has 0 amide bonds. The second-order valence-corrected chi connectivity index (χ2v) is 7.44. The quantitative estimate of drug-likeness (QED) is 0.836. The van der Waals surface area contributed by atoms with Crippen LogP contribution >= 0.6 is 11.3 Å². The molecule has 0 bridgehead atoms. The fraction of sp³-hybridized carbons (Fsp3) is 0.308. The van der Waals surface area contributed by atoms with Crippen LogP contribution in [0.15, 0.2) is 29.3 Å². The Balaban J connectivity index is 2.15. The molecule has 8 heteroatoms. The second kappa shape index (κ2) is 6.52. The summed E-state index contributed by atoms with van der Waals surface area (Å²) in [5, 5.41) is 0. The summed E-state index contributed by atoms with van der Waals surface area (Å²) in [6.45, 7) is 2.28. The van der Waals surface area contributed by atoms with Crippen molar-refractivity contribution in [3.63, 3.8) is 0 Å². The monoisotopic (exact) mass is 327 g/mol. The summed E-state index contributed by atoms with van der Waals surface area (Å²) in [6, 6.07) is 5.04. The van der Waals surface area contributed by atoms with Gasteiger partial charge in [-0.15, -0.1) is 11.3 Å². The molecule has 2 aromatic rings. The molecule has 2 heterocycles. The molecular formula is C13H17N3O3S2. The van der Waals surface area contributed by atoms with Gasteiger partial charge in [-0.25, -0.2) is 18.1 Å². The standard InChI is InChI=1S/C13H17N3O3S2/c1-9-12(6-11(7-14)20-9)21(17,18)16-8-10-3-4-15-13(5-10)19-2/h3-6,16H,7-8,14H2,1-2H3. The van der Waals surface area contributed by atoms with Crippen molar-refractivity contribution >= 4 is 21.4 Å². The van der Waals surface area contributed by atoms with Crippen molar-refractivity contribution in [3.05, 3.63) is 39.7 Å². The van der Waals surface area contributed by atoms with E-state index in [1.165, 1.54) is 18.4 Å². The number of sulfonamides is 1. The third kappa shape index (κ3) is 3.79. The van der Waals surface area contributed by atoms with Crippen LogP contribution in [0.25, 0.3) is 0 Å². The molecule has 114 valence electrons. The van der Waals surface area contributed by atoms with E-state index in [1.807, 2.05) is 0 Å². The van der Waals surface area contributed by atoms with Gasteiger partial charge in [0.2, 0.25) is 15.9 Å². The number of hydrogen-bond donors (Lipinski definition) is 2. The van der Waals surface area contributed by atoms with Crippen LogP contribution in [-0.4, -0.2) is 20.5 Å². The number of nitrogens with zero attached hydrogens (tertiary/aromatic N) is 1. The van der Waals surface area contributed by atoms with Crippen molar-refractivity contribution in [2.45, 2.75) is 24.9 Å². The number of thiophene rings is 1. The lowest BCUT2D eigenvalue weighted by molar-refractivity contribution is 0.397. The van der Waals surface area contributed by atoms with Crippen LogP contribution < -0.4 is 15.2 Å². The zero-order chi connectivity index (χ0) is 15.5. The lowest BCUT2D eigenvalue weighted by Crippen LogP contribution is -2.23. The zero-order valence-corrected chi connectivity index (χ0v) is 13.4. The highest BCUT2D eigenvalue weighted by Gasteiger charge is 2.19. The molecule has 0 radical (unpaired) electrons. The minimum atomic E-state index is -3.55. The highest BCUT2D eigenvalue weighted by Crippen LogP contribution is 2.25. The van der Waals surface area contributed by atoms with Gasteiger partial charge in [0.15, 0.2) is 0 Å². The molecule has 0 aliphatic carbocycles. The first-order valence-electron chi connectivity index (χ1n) is 6.24. The smallest absolute Gasteiger partial charge is 0.241 e. The second-order valence-electron chi connectivity index (χ2n) is 4.37. The number of aryl methyl sites for hydroxylation is 1. The zero-order valence-electron chi connectivity index (χ0n) is 11.8. The third-order valence-corrected chi connectivity index (χ3v) is 5.62. The maximum absolute atomic E-state index is 12.3. The van der Waals surface area contributed by atoms with Crippen LogP contribution in [0.5, 0.6) is 5.88 Å². The van der Waals surface area contributed by atoms with Gasteiger partial charge >= 0.3 is 0 Å². The maximum atomic E-state index is 12.3. The summed E-state index contributed by atoms with van der Waals surface area (Å²) < 4.78 is 32.2. The van der Waals surface area contributed by atoms with Crippen molar-refractivity contribution in [1.82, 2.24) is 9.71 Å². The van der Waals surface area contributed by atoms with Gasteiger partial charge in [-0.2, -0.15) is 0 Å². The Morgan fingerprint density at radius 1 is 1.43 bits per heavy atom. The average Bonchev–Trinajstić information content (AvgIpc) is 2.87. The number of ether oxygens (including phenoxy) is 1. The van der Waals surface area contributed by atoms with Gasteiger partial charge in [0.25, 0.3) is 0 Å². The van der Waals surface area contributed by atoms with E-state index >= 15 is 0 Å². The van der Waals surface area contributed by atoms with Gasteiger partial charge in [0, 0.05) is 35.1 Å². The SMILES string of the molecule is COc1cc(CNS(=O)(=O)c2cc(CN)sc2C)ccn1. The Labute approximate surface area is 128 Å². The van der Waals surface area contributed by atoms with Crippen molar-refractivity contribution in [1.29, 1.82) is 0 Å². The maximum Gasteiger partial charge on any atom is 0.241 e. The highest BCUT2D eigenvalue weighted by atomic mass is 32.2. The Bertz CT molecular complexity index is 726. The van der Waals surface area contributed by atoms with Crippen LogP contribution in [0.4, 0.5) is 0 Å². The molecule has 21 heavy (non-hydrogen) atoms. The van der Waals surface area contributed by atoms with Crippen LogP contribution in [0, 0.1) is 6.92 Å². The summed E-state index contributed by atoms with van der Waals surface area (Å²) in [7, 11) is -2.04. The molecule has 0 aliphatic heterocycles. The van der Waals surface area contributed by atoms with Crippen LogP contribution in [-0.2, 0) is 23.1 Å². The number of rotatable bonds is 6. The van der Waals surface area contributed by atoms with Gasteiger partial charge in [-0.1, -0.05) is 0 Å². The Hall–Kier alpha value is -1.48. The minimum absolute atomic E-state index is 0.175. The molecule has 0 spiro atoms. The number of nitrogens with one attached hydrogen (secondary N) is 1. The molecule has 2 aromatic heterocycles. The fourth-order valence-electron chi connectivity index (χ4n) is 1.82. The summed E-state index contributed by atoms with van der Waals surface area (Å²) in [5.41, 5.74) is 6.32.